The summed E-state index contributed by atoms with van der Waals surface area (Å²) < 4.78 is 13.0. The molecule has 174 valence electrons. The first-order chi connectivity index (χ1) is 16.9. The van der Waals surface area contributed by atoms with Crippen LogP contribution in [0.2, 0.25) is 0 Å². The van der Waals surface area contributed by atoms with Crippen LogP contribution in [0.4, 0.5) is 15.8 Å². The van der Waals surface area contributed by atoms with E-state index in [-0.39, 0.29) is 17.3 Å². The molecule has 2 aromatic carbocycles. The van der Waals surface area contributed by atoms with Gasteiger partial charge in [-0.15, -0.1) is 0 Å². The molecule has 1 unspecified atom stereocenters. The van der Waals surface area contributed by atoms with E-state index >= 15 is 0 Å². The van der Waals surface area contributed by atoms with E-state index in [9.17, 15) is 19.3 Å². The van der Waals surface area contributed by atoms with Crippen LogP contribution in [-0.2, 0) is 0 Å². The lowest BCUT2D eigenvalue weighted by atomic mass is 10.1. The van der Waals surface area contributed by atoms with E-state index in [2.05, 4.69) is 43.2 Å². The van der Waals surface area contributed by atoms with Crippen LogP contribution in [0.25, 0.3) is 11.3 Å². The highest BCUT2D eigenvalue weighted by atomic mass is 127. The summed E-state index contributed by atoms with van der Waals surface area (Å²) in [7, 11) is 0. The fraction of sp³-hybridized carbons (Fsp3) is 0.0435. The Kier molecular flexibility index (Phi) is 5.94. The number of alkyl halides is 1. The number of non-ortho nitro benzene ring substituents is 1. The summed E-state index contributed by atoms with van der Waals surface area (Å²) in [5, 5.41) is 20.3. The molecule has 0 saturated heterocycles. The summed E-state index contributed by atoms with van der Waals surface area (Å²) in [6.07, 6.45) is 2.99. The first kappa shape index (κ1) is 22.6. The Morgan fingerprint density at radius 2 is 1.94 bits per heavy atom. The third kappa shape index (κ3) is 4.35. The number of nitrogens with zero attached hydrogens (tertiary/aromatic N) is 5. The quantitative estimate of drug-likeness (QED) is 0.115. The van der Waals surface area contributed by atoms with Gasteiger partial charge in [0.15, 0.2) is 5.84 Å². The molecule has 1 aliphatic rings. The average molecular weight is 583 g/mol. The summed E-state index contributed by atoms with van der Waals surface area (Å²) in [5.74, 6) is -0.530. The van der Waals surface area contributed by atoms with Crippen molar-refractivity contribution in [1.29, 1.82) is 0 Å². The number of carbonyl (C=O) groups is 1. The predicted octanol–water partition coefficient (Wildman–Crippen LogP) is 4.69. The van der Waals surface area contributed by atoms with Crippen LogP contribution in [0.5, 0.6) is 0 Å². The molecule has 0 fully saturated rings. The number of nitro benzene ring substituents is 1. The van der Waals surface area contributed by atoms with Crippen molar-refractivity contribution in [2.24, 2.45) is 4.99 Å². The molecule has 1 atom stereocenters. The molecule has 12 heteroatoms. The molecule has 10 nitrogen and oxygen atoms in total. The molecule has 3 heterocycles. The van der Waals surface area contributed by atoms with E-state index in [0.717, 1.165) is 0 Å². The second-order valence-electron chi connectivity index (χ2n) is 7.47. The minimum Gasteiger partial charge on any atom is -0.277 e. The number of aromatic nitrogens is 3. The SMILES string of the molecule is O=C(NN1C(c2cccc([N+](=O)[O-])c2)=Nc2c(-c3ccc(F)cc3)n[nH]c2C1I)c1cccnc1. The minimum absolute atomic E-state index is 0.120. The zero-order valence-corrected chi connectivity index (χ0v) is 19.9. The molecule has 2 aromatic heterocycles. The number of aromatic amines is 1. The molecule has 0 spiro atoms. The lowest BCUT2D eigenvalue weighted by Crippen LogP contribution is -2.48. The number of amidine groups is 1. The number of hydrogen-bond donors (Lipinski definition) is 2. The molecule has 0 aliphatic carbocycles. The molecule has 0 radical (unpaired) electrons. The van der Waals surface area contributed by atoms with Crippen LogP contribution >= 0.6 is 22.6 Å². The molecule has 35 heavy (non-hydrogen) atoms. The third-order valence-corrected chi connectivity index (χ3v) is 6.44. The van der Waals surface area contributed by atoms with E-state index in [4.69, 9.17) is 4.99 Å². The van der Waals surface area contributed by atoms with Crippen molar-refractivity contribution >= 4 is 45.7 Å². The van der Waals surface area contributed by atoms with Gasteiger partial charge in [0.2, 0.25) is 0 Å². The summed E-state index contributed by atoms with van der Waals surface area (Å²) in [6, 6.07) is 15.1. The smallest absolute Gasteiger partial charge is 0.271 e. The molecule has 0 saturated carbocycles. The molecule has 5 rings (SSSR count). The highest BCUT2D eigenvalue weighted by Gasteiger charge is 2.34. The third-order valence-electron chi connectivity index (χ3n) is 5.26. The number of hydrogen-bond acceptors (Lipinski definition) is 7. The van der Waals surface area contributed by atoms with Gasteiger partial charge >= 0.3 is 0 Å². The number of rotatable bonds is 5. The molecule has 0 bridgehead atoms. The van der Waals surface area contributed by atoms with Gasteiger partial charge in [0.05, 0.1) is 16.2 Å². The van der Waals surface area contributed by atoms with Crippen molar-refractivity contribution in [3.8, 4) is 11.3 Å². The fourth-order valence-corrected chi connectivity index (χ4v) is 4.41. The highest BCUT2D eigenvalue weighted by molar-refractivity contribution is 14.1. The largest absolute Gasteiger partial charge is 0.277 e. The monoisotopic (exact) mass is 583 g/mol. The number of fused-ring (bicyclic) bond motifs is 1. The summed E-state index contributed by atoms with van der Waals surface area (Å²) in [6.45, 7) is 0. The Labute approximate surface area is 211 Å². The number of halogens is 2. The van der Waals surface area contributed by atoms with Gasteiger partial charge in [-0.2, -0.15) is 5.10 Å². The maximum absolute atomic E-state index is 13.5. The Hall–Kier alpha value is -4.20. The lowest BCUT2D eigenvalue weighted by Gasteiger charge is -2.33. The normalized spacial score (nSPS) is 14.7. The van der Waals surface area contributed by atoms with Gasteiger partial charge in [0, 0.05) is 35.7 Å². The van der Waals surface area contributed by atoms with Crippen molar-refractivity contribution in [2.45, 2.75) is 4.05 Å². The Morgan fingerprint density at radius 3 is 2.66 bits per heavy atom. The summed E-state index contributed by atoms with van der Waals surface area (Å²) in [5.41, 5.74) is 5.68. The van der Waals surface area contributed by atoms with E-state index in [1.54, 1.807) is 42.6 Å². The highest BCUT2D eigenvalue weighted by Crippen LogP contribution is 2.43. The number of pyridine rings is 1. The van der Waals surface area contributed by atoms with Gasteiger partial charge in [-0.05, 0) is 59.0 Å². The zero-order valence-electron chi connectivity index (χ0n) is 17.7. The maximum atomic E-state index is 13.5. The van der Waals surface area contributed by atoms with Gasteiger partial charge in [0.1, 0.15) is 21.2 Å². The number of H-pyrrole nitrogens is 1. The number of amides is 1. The number of carbonyl (C=O) groups excluding carboxylic acids is 1. The molecule has 2 N–H and O–H groups in total. The topological polar surface area (TPSA) is 129 Å². The predicted molar refractivity (Wildman–Crippen MR) is 134 cm³/mol. The Bertz CT molecular complexity index is 1460. The van der Waals surface area contributed by atoms with E-state index < -0.39 is 14.9 Å². The Morgan fingerprint density at radius 1 is 1.14 bits per heavy atom. The summed E-state index contributed by atoms with van der Waals surface area (Å²) >= 11 is 2.11. The van der Waals surface area contributed by atoms with Crippen molar-refractivity contribution in [3.05, 3.63) is 106 Å². The van der Waals surface area contributed by atoms with E-state index in [1.807, 2.05) is 0 Å². The van der Waals surface area contributed by atoms with E-state index in [0.29, 0.717) is 33.8 Å². The van der Waals surface area contributed by atoms with Crippen LogP contribution < -0.4 is 5.43 Å². The number of benzene rings is 2. The zero-order chi connectivity index (χ0) is 24.5. The maximum Gasteiger partial charge on any atom is 0.271 e. The van der Waals surface area contributed by atoms with Crippen LogP contribution in [-0.4, -0.2) is 36.9 Å². The second kappa shape index (κ2) is 9.21. The van der Waals surface area contributed by atoms with Crippen LogP contribution in [0.1, 0.15) is 25.7 Å². The first-order valence-corrected chi connectivity index (χ1v) is 11.5. The minimum atomic E-state index is -0.503. The molecular weight excluding hydrogens is 568 g/mol. The average Bonchev–Trinajstić information content (AvgIpc) is 3.31. The van der Waals surface area contributed by atoms with Crippen molar-refractivity contribution in [2.75, 3.05) is 0 Å². The van der Waals surface area contributed by atoms with Crippen LogP contribution in [0, 0.1) is 15.9 Å². The second-order valence-corrected chi connectivity index (χ2v) is 8.65. The fourth-order valence-electron chi connectivity index (χ4n) is 3.58. The lowest BCUT2D eigenvalue weighted by molar-refractivity contribution is -0.384. The number of nitro groups is 1. The molecule has 1 aliphatic heterocycles. The van der Waals surface area contributed by atoms with Crippen molar-refractivity contribution in [1.82, 2.24) is 25.6 Å². The number of hydrazine groups is 1. The first-order valence-electron chi connectivity index (χ1n) is 10.2. The summed E-state index contributed by atoms with van der Waals surface area (Å²) in [4.78, 5) is 32.6. The van der Waals surface area contributed by atoms with Crippen LogP contribution in [0.3, 0.4) is 0 Å². The van der Waals surface area contributed by atoms with Crippen LogP contribution in [0.15, 0.2) is 78.0 Å². The molecular formula is C23H15FIN7O3. The van der Waals surface area contributed by atoms with Gasteiger partial charge in [0.25, 0.3) is 11.6 Å². The number of aliphatic imine (C=N–C) groups is 1. The van der Waals surface area contributed by atoms with Gasteiger partial charge in [-0.25, -0.2) is 14.4 Å². The van der Waals surface area contributed by atoms with Gasteiger partial charge in [-0.3, -0.25) is 30.4 Å². The van der Waals surface area contributed by atoms with Gasteiger partial charge in [-0.1, -0.05) is 12.1 Å². The van der Waals surface area contributed by atoms with Crippen molar-refractivity contribution < 1.29 is 14.1 Å². The molecule has 4 aromatic rings. The van der Waals surface area contributed by atoms with Crippen molar-refractivity contribution in [3.63, 3.8) is 0 Å². The standard InChI is InChI=1S/C23H15FIN7O3/c24-16-8-6-13(7-9-16)18-19-20(29-28-18)21(25)31(30-23(33)15-4-2-10-26-12-15)22(27-19)14-3-1-5-17(11-14)32(34)35/h1-12,21H,(H,28,29)(H,30,33). The number of nitrogens with one attached hydrogen (secondary N) is 2. The molecule has 1 amide bonds. The Balaban J connectivity index is 1.63. The van der Waals surface area contributed by atoms with Gasteiger partial charge < -0.3 is 0 Å². The van der Waals surface area contributed by atoms with E-state index in [1.165, 1.54) is 35.5 Å².